The molecule has 0 radical (unpaired) electrons. The number of aryl methyl sites for hydroxylation is 2. The molecule has 4 heterocycles. The maximum absolute atomic E-state index is 15.0. The molecule has 20 aromatic carbocycles. The molecule has 0 fully saturated rings. The van der Waals surface area contributed by atoms with Crippen molar-refractivity contribution in [1.29, 1.82) is 0 Å². The van der Waals surface area contributed by atoms with E-state index in [1.54, 1.807) is 78.0 Å². The van der Waals surface area contributed by atoms with Gasteiger partial charge in [0.05, 0.1) is 99.3 Å². The van der Waals surface area contributed by atoms with Gasteiger partial charge in [-0.25, -0.2) is 22.0 Å². The number of hydrogen-bond donors (Lipinski definition) is 0. The number of benzene rings is 20. The Hall–Kier alpha value is -15.4. The van der Waals surface area contributed by atoms with Gasteiger partial charge in [-0.1, -0.05) is 209 Å². The molecule has 24 rings (SSSR count). The van der Waals surface area contributed by atoms with Crippen molar-refractivity contribution in [3.8, 4) is 114 Å². The Kier molecular flexibility index (Phi) is 23.9. The molecular formula is C118H91F5O16P4. The summed E-state index contributed by atoms with van der Waals surface area (Å²) in [5.74, 6) is -1.75. The molecule has 4 unspecified atom stereocenters. The molecule has 143 heavy (non-hydrogen) atoms. The predicted octanol–water partition coefficient (Wildman–Crippen LogP) is 27.8. The molecule has 714 valence electrons. The minimum absolute atomic E-state index is 0.0183. The first-order valence-corrected chi connectivity index (χ1v) is 52.3. The number of ether oxygens (including phenoxy) is 8. The van der Waals surface area contributed by atoms with Crippen LogP contribution in [0.4, 0.5) is 22.0 Å². The van der Waals surface area contributed by atoms with Crippen LogP contribution in [0.3, 0.4) is 0 Å². The fourth-order valence-corrected chi connectivity index (χ4v) is 29.9. The summed E-state index contributed by atoms with van der Waals surface area (Å²) in [6.07, 6.45) is 0. The quantitative estimate of drug-likeness (QED) is 0.0370. The van der Waals surface area contributed by atoms with E-state index in [9.17, 15) is 35.6 Å². The van der Waals surface area contributed by atoms with Crippen molar-refractivity contribution in [1.82, 2.24) is 0 Å². The van der Waals surface area contributed by atoms with Crippen molar-refractivity contribution in [2.45, 2.75) is 40.0 Å². The highest BCUT2D eigenvalue weighted by molar-refractivity contribution is 7.76. The number of methoxy groups -OCH3 is 8. The summed E-state index contributed by atoms with van der Waals surface area (Å²) in [4.78, 5) is 0. The average molecular weight is 1980 g/mol. The lowest BCUT2D eigenvalue weighted by Crippen LogP contribution is -2.26. The third-order valence-electron chi connectivity index (χ3n) is 27.1. The summed E-state index contributed by atoms with van der Waals surface area (Å²) in [5.41, 5.74) is 10.5. The first-order chi connectivity index (χ1) is 69.0. The van der Waals surface area contributed by atoms with E-state index in [1.165, 1.54) is 50.2 Å². The molecule has 20 aromatic rings. The van der Waals surface area contributed by atoms with E-state index in [2.05, 4.69) is 89.2 Å². The molecule has 16 nitrogen and oxygen atoms in total. The van der Waals surface area contributed by atoms with Gasteiger partial charge in [0.15, 0.2) is 23.3 Å². The minimum Gasteiger partial charge on any atom is -0.496 e. The highest BCUT2D eigenvalue weighted by atomic mass is 31.2. The van der Waals surface area contributed by atoms with Crippen LogP contribution in [0.2, 0.25) is 0 Å². The normalized spacial score (nSPS) is 16.5. The summed E-state index contributed by atoms with van der Waals surface area (Å²) >= 11 is 0. The summed E-state index contributed by atoms with van der Waals surface area (Å²) in [7, 11) is -2.45. The molecular weight excluding hydrogens is 1890 g/mol. The van der Waals surface area contributed by atoms with Crippen molar-refractivity contribution in [2.24, 2.45) is 0 Å². The van der Waals surface area contributed by atoms with Gasteiger partial charge in [0.1, 0.15) is 74.8 Å². The van der Waals surface area contributed by atoms with Crippen molar-refractivity contribution in [3.05, 3.63) is 361 Å². The number of para-hydroxylation sites is 4. The fraction of sp³-hybridized carbons (Fsp3) is 0.119. The van der Waals surface area contributed by atoms with E-state index in [4.69, 9.17) is 56.0 Å². The van der Waals surface area contributed by atoms with Gasteiger partial charge in [-0.3, -0.25) is 18.3 Å². The third-order valence-corrected chi connectivity index (χ3v) is 36.9. The topological polar surface area (TPSA) is 179 Å². The molecule has 4 aliphatic heterocycles. The second kappa shape index (κ2) is 36.3. The van der Waals surface area contributed by atoms with Gasteiger partial charge >= 0.3 is 29.5 Å². The van der Waals surface area contributed by atoms with Crippen molar-refractivity contribution in [2.75, 3.05) is 56.9 Å². The first kappa shape index (κ1) is 93.9. The van der Waals surface area contributed by atoms with Crippen molar-refractivity contribution >= 4 is 158 Å². The smallest absolute Gasteiger partial charge is 0.311 e. The molecule has 0 N–H and O–H groups in total. The largest absolute Gasteiger partial charge is 0.496 e. The molecule has 25 heteroatoms. The fourth-order valence-electron chi connectivity index (χ4n) is 20.1. The Morgan fingerprint density at radius 1 is 0.224 bits per heavy atom. The standard InChI is InChI=1S/C32H29O4P.C30H25O4P.C28H17F4O4P.C28H20FO4P/c1-32(2,3)22-15-14-20-17-25-26(18-21(20)16-22)31(35-5)30(19-28(25)34-4)37(33)29-13-9-7-11-24(29)23-10-6-8-12-27(23)36-37;1-18-13-14-19(2)23-16-25-24(15-22(18)23)27(32-3)17-29(30(25)33-4)35(31)28-12-8-6-10-21(28)20-9-5-7-11-26(20)34-35;1-34-21-13-23(37(33)22-10-6-4-8-15(22)14-7-3-5-9-20(14)36-37)28(35-2)19-12-18-17(11-16(19)21)24(29)26(31)27(32)25(18)30;1-31-25-16-27(28(32-2)22-15-20-17(14-21(22)25)8-7-11-23(20)29)34(30)26-13-6-4-10-19(26)18-9-3-5-12-24(18)33-34/h6-19H,1-5H3;5-17H,1-4H3;3-13H,1-2H3;3-16H,1-2H3. The van der Waals surface area contributed by atoms with Crippen LogP contribution < -0.4 is 98.4 Å². The van der Waals surface area contributed by atoms with Crippen LogP contribution in [-0.4, -0.2) is 56.9 Å². The summed E-state index contributed by atoms with van der Waals surface area (Å²) in [5, 5.41) is 13.7. The summed E-state index contributed by atoms with van der Waals surface area (Å²) < 4.78 is 203. The molecule has 0 saturated heterocycles. The SMILES string of the molecule is COc1cc(P2(=O)Oc3ccccc3-c3ccccc32)c(OC)c2cc3c(C)ccc(C)c3cc12.COc1cc(P2(=O)Oc3ccccc3-c3ccccc32)c(OC)c2cc3c(F)c(F)c(F)c(F)c3cc12.COc1cc(P2(=O)Oc3ccccc3-c3ccccc32)c(OC)c2cc3c(F)cccc3cc12.COc1cc(P2(=O)Oc3ccccc3-c3ccccc32)c(OC)c2cc3cc(C(C)(C)C)ccc3cc12. The highest BCUT2D eigenvalue weighted by Crippen LogP contribution is 2.63. The van der Waals surface area contributed by atoms with Crippen LogP contribution in [-0.2, 0) is 23.7 Å². The average Bonchev–Trinajstić information content (AvgIpc) is 0.728. The molecule has 0 saturated carbocycles. The molecule has 0 amide bonds. The van der Waals surface area contributed by atoms with Gasteiger partial charge in [-0.15, -0.1) is 0 Å². The van der Waals surface area contributed by atoms with Crippen LogP contribution in [0.1, 0.15) is 37.5 Å². The number of halogens is 5. The molecule has 4 aliphatic rings. The Morgan fingerprint density at radius 2 is 0.497 bits per heavy atom. The zero-order valence-electron chi connectivity index (χ0n) is 79.7. The van der Waals surface area contributed by atoms with Gasteiger partial charge in [-0.2, -0.15) is 0 Å². The molecule has 0 aromatic heterocycles. The second-order valence-corrected chi connectivity index (χ2v) is 45.1. The third kappa shape index (κ3) is 15.3. The van der Waals surface area contributed by atoms with Crippen LogP contribution in [0.25, 0.3) is 131 Å². The zero-order chi connectivity index (χ0) is 99.8. The van der Waals surface area contributed by atoms with Gasteiger partial charge < -0.3 is 56.0 Å². The van der Waals surface area contributed by atoms with E-state index < -0.39 is 63.5 Å². The number of rotatable bonds is 12. The number of hydrogen-bond acceptors (Lipinski definition) is 16. The molecule has 4 atom stereocenters. The maximum Gasteiger partial charge on any atom is 0.311 e. The Labute approximate surface area is 820 Å². The molecule has 0 bridgehead atoms. The lowest BCUT2D eigenvalue weighted by molar-refractivity contribution is 0.411. The van der Waals surface area contributed by atoms with E-state index in [-0.39, 0.29) is 38.8 Å². The van der Waals surface area contributed by atoms with Crippen LogP contribution in [0, 0.1) is 42.9 Å². The van der Waals surface area contributed by atoms with Gasteiger partial charge in [0.2, 0.25) is 0 Å². The minimum atomic E-state index is -3.89. The van der Waals surface area contributed by atoms with Crippen LogP contribution >= 0.6 is 29.5 Å². The Balaban J connectivity index is 0.000000113. The van der Waals surface area contributed by atoms with Crippen molar-refractivity contribution in [3.63, 3.8) is 0 Å². The lowest BCUT2D eigenvalue weighted by atomic mass is 9.85. The van der Waals surface area contributed by atoms with E-state index >= 15 is 4.57 Å². The van der Waals surface area contributed by atoms with Gasteiger partial charge in [-0.05, 0) is 213 Å². The van der Waals surface area contributed by atoms with Crippen LogP contribution in [0.5, 0.6) is 69.0 Å². The monoisotopic (exact) mass is 1980 g/mol. The van der Waals surface area contributed by atoms with Gasteiger partial charge in [0, 0.05) is 81.5 Å². The highest BCUT2D eigenvalue weighted by Gasteiger charge is 2.47. The van der Waals surface area contributed by atoms with E-state index in [1.807, 2.05) is 194 Å². The summed E-state index contributed by atoms with van der Waals surface area (Å²) in [6.45, 7) is 10.8. The van der Waals surface area contributed by atoms with E-state index in [0.717, 1.165) is 105 Å². The van der Waals surface area contributed by atoms with E-state index in [0.29, 0.717) is 111 Å². The maximum atomic E-state index is 15.0. The van der Waals surface area contributed by atoms with Gasteiger partial charge in [0.25, 0.3) is 0 Å². The second-order valence-electron chi connectivity index (χ2n) is 36.1. The Morgan fingerprint density at radius 3 is 0.825 bits per heavy atom. The molecule has 0 aliphatic carbocycles. The Bertz CT molecular complexity index is 8990. The van der Waals surface area contributed by atoms with Crippen LogP contribution in [0.15, 0.2) is 315 Å². The zero-order valence-corrected chi connectivity index (χ0v) is 83.3. The molecule has 0 spiro atoms. The van der Waals surface area contributed by atoms with Crippen molar-refractivity contribution < 1.29 is 96.2 Å². The first-order valence-electron chi connectivity index (χ1n) is 45.8. The predicted molar refractivity (Wildman–Crippen MR) is 564 cm³/mol. The number of fused-ring (bicyclic) bond motifs is 20. The lowest BCUT2D eigenvalue weighted by Gasteiger charge is -2.30. The summed E-state index contributed by atoms with van der Waals surface area (Å²) in [6, 6.07) is 97.1.